The lowest BCUT2D eigenvalue weighted by molar-refractivity contribution is -0.143. The van der Waals surface area contributed by atoms with E-state index >= 15 is 0 Å². The summed E-state index contributed by atoms with van der Waals surface area (Å²) in [5, 5.41) is 0. The molecule has 1 nitrogen and oxygen atoms in total. The van der Waals surface area contributed by atoms with Crippen molar-refractivity contribution in [2.24, 2.45) is 5.73 Å². The van der Waals surface area contributed by atoms with Crippen LogP contribution in [0.3, 0.4) is 0 Å². The van der Waals surface area contributed by atoms with Gasteiger partial charge in [-0.1, -0.05) is 5.57 Å². The van der Waals surface area contributed by atoms with Crippen LogP contribution in [0.4, 0.5) is 26.3 Å². The molecule has 20 heavy (non-hydrogen) atoms. The van der Waals surface area contributed by atoms with Crippen LogP contribution in [-0.4, -0.2) is 0 Å². The second-order valence-electron chi connectivity index (χ2n) is 4.61. The van der Waals surface area contributed by atoms with Crippen LogP contribution in [-0.2, 0) is 12.4 Å². The fraction of sp³-hybridized carbons (Fsp3) is 0.385. The first kappa shape index (κ1) is 16.6. The zero-order valence-corrected chi connectivity index (χ0v) is 10.6. The lowest BCUT2D eigenvalue weighted by atomic mass is 9.96. The Hall–Kier alpha value is -1.50. The maximum absolute atomic E-state index is 12.6. The highest BCUT2D eigenvalue weighted by Crippen LogP contribution is 2.37. The molecule has 112 valence electrons. The molecule has 0 unspecified atom stereocenters. The summed E-state index contributed by atoms with van der Waals surface area (Å²) < 4.78 is 75.8. The molecule has 0 fully saturated rings. The third-order valence-electron chi connectivity index (χ3n) is 2.61. The number of rotatable bonds is 3. The molecule has 0 aliphatic carbocycles. The Labute approximate surface area is 112 Å². The van der Waals surface area contributed by atoms with E-state index in [1.165, 1.54) is 0 Å². The molecule has 0 spiro atoms. The summed E-state index contributed by atoms with van der Waals surface area (Å²) in [7, 11) is 0. The molecular formula is C13H13F6N. The van der Waals surface area contributed by atoms with E-state index in [9.17, 15) is 26.3 Å². The highest BCUT2D eigenvalue weighted by molar-refractivity contribution is 5.35. The number of benzene rings is 1. The van der Waals surface area contributed by atoms with Crippen molar-refractivity contribution in [3.05, 3.63) is 47.0 Å². The third-order valence-corrected chi connectivity index (χ3v) is 2.61. The Kier molecular flexibility index (Phi) is 4.53. The fourth-order valence-corrected chi connectivity index (χ4v) is 1.69. The number of hydrogen-bond donors (Lipinski definition) is 1. The average molecular weight is 297 g/mol. The molecule has 0 heterocycles. The maximum Gasteiger partial charge on any atom is 0.416 e. The van der Waals surface area contributed by atoms with Gasteiger partial charge >= 0.3 is 12.4 Å². The molecule has 0 aliphatic heterocycles. The Morgan fingerprint density at radius 2 is 1.45 bits per heavy atom. The van der Waals surface area contributed by atoms with Crippen LogP contribution in [0.15, 0.2) is 30.4 Å². The predicted molar refractivity (Wildman–Crippen MR) is 62.8 cm³/mol. The summed E-state index contributed by atoms with van der Waals surface area (Å²) in [6.07, 6.45) is -9.61. The molecule has 1 aromatic rings. The first-order valence-corrected chi connectivity index (χ1v) is 5.60. The third kappa shape index (κ3) is 4.26. The van der Waals surface area contributed by atoms with E-state index in [-0.39, 0.29) is 18.1 Å². The average Bonchev–Trinajstić information content (AvgIpc) is 2.25. The standard InChI is InChI=1S/C13H13F6N/c1-7(2)3-11(20)8-4-9(12(14,15)16)6-10(5-8)13(17,18)19/h4-6,11H,1,3,20H2,2H3/t11-/m1/s1. The van der Waals surface area contributed by atoms with Gasteiger partial charge in [-0.15, -0.1) is 6.58 Å². The van der Waals surface area contributed by atoms with E-state index in [4.69, 9.17) is 5.73 Å². The highest BCUT2D eigenvalue weighted by atomic mass is 19.4. The van der Waals surface area contributed by atoms with Crippen LogP contribution in [0.5, 0.6) is 0 Å². The molecule has 0 saturated carbocycles. The van der Waals surface area contributed by atoms with Gasteiger partial charge in [0.2, 0.25) is 0 Å². The maximum atomic E-state index is 12.6. The van der Waals surface area contributed by atoms with E-state index in [1.807, 2.05) is 0 Å². The molecule has 1 aromatic carbocycles. The largest absolute Gasteiger partial charge is 0.416 e. The van der Waals surface area contributed by atoms with Crippen LogP contribution >= 0.6 is 0 Å². The van der Waals surface area contributed by atoms with Crippen LogP contribution in [0.2, 0.25) is 0 Å². The van der Waals surface area contributed by atoms with Gasteiger partial charge in [-0.3, -0.25) is 0 Å². The summed E-state index contributed by atoms with van der Waals surface area (Å²) in [5.74, 6) is 0. The van der Waals surface area contributed by atoms with Gasteiger partial charge in [0, 0.05) is 6.04 Å². The van der Waals surface area contributed by atoms with Crippen molar-refractivity contribution in [2.45, 2.75) is 31.7 Å². The van der Waals surface area contributed by atoms with E-state index in [1.54, 1.807) is 6.92 Å². The van der Waals surface area contributed by atoms with Gasteiger partial charge in [-0.25, -0.2) is 0 Å². The van der Waals surface area contributed by atoms with Crippen molar-refractivity contribution in [1.82, 2.24) is 0 Å². The van der Waals surface area contributed by atoms with Gasteiger partial charge in [0.15, 0.2) is 0 Å². The second-order valence-corrected chi connectivity index (χ2v) is 4.61. The van der Waals surface area contributed by atoms with Crippen molar-refractivity contribution >= 4 is 0 Å². The SMILES string of the molecule is C=C(C)C[C@@H](N)c1cc(C(F)(F)F)cc(C(F)(F)F)c1. The minimum atomic E-state index is -4.86. The Balaban J connectivity index is 3.34. The van der Waals surface area contributed by atoms with Crippen molar-refractivity contribution in [2.75, 3.05) is 0 Å². The zero-order chi connectivity index (χ0) is 15.7. The molecule has 2 N–H and O–H groups in total. The van der Waals surface area contributed by atoms with Crippen molar-refractivity contribution in [3.8, 4) is 0 Å². The van der Waals surface area contributed by atoms with Gasteiger partial charge in [0.1, 0.15) is 0 Å². The highest BCUT2D eigenvalue weighted by Gasteiger charge is 2.37. The Morgan fingerprint density at radius 1 is 1.05 bits per heavy atom. The summed E-state index contributed by atoms with van der Waals surface area (Å²) in [5.41, 5.74) is 3.26. The summed E-state index contributed by atoms with van der Waals surface area (Å²) >= 11 is 0. The van der Waals surface area contributed by atoms with Crippen LogP contribution in [0.1, 0.15) is 36.1 Å². The van der Waals surface area contributed by atoms with Crippen molar-refractivity contribution in [3.63, 3.8) is 0 Å². The number of halogens is 6. The van der Waals surface area contributed by atoms with E-state index < -0.39 is 29.5 Å². The summed E-state index contributed by atoms with van der Waals surface area (Å²) in [4.78, 5) is 0. The lowest BCUT2D eigenvalue weighted by Gasteiger charge is -2.18. The second kappa shape index (κ2) is 5.47. The molecule has 7 heteroatoms. The normalized spacial score (nSPS) is 14.2. The Bertz CT molecular complexity index is 468. The number of hydrogen-bond acceptors (Lipinski definition) is 1. The van der Waals surface area contributed by atoms with Gasteiger partial charge in [0.05, 0.1) is 11.1 Å². The van der Waals surface area contributed by atoms with Crippen molar-refractivity contribution < 1.29 is 26.3 Å². The fourth-order valence-electron chi connectivity index (χ4n) is 1.69. The molecular weight excluding hydrogens is 284 g/mol. The Morgan fingerprint density at radius 3 is 1.75 bits per heavy atom. The predicted octanol–water partition coefficient (Wildman–Crippen LogP) is 4.69. The molecule has 0 saturated heterocycles. The van der Waals surface area contributed by atoms with Gasteiger partial charge < -0.3 is 5.73 Å². The van der Waals surface area contributed by atoms with E-state index in [2.05, 4.69) is 6.58 Å². The summed E-state index contributed by atoms with van der Waals surface area (Å²) in [6, 6.07) is 0.402. The molecule has 0 aliphatic rings. The molecule has 0 bridgehead atoms. The molecule has 0 amide bonds. The summed E-state index contributed by atoms with van der Waals surface area (Å²) in [6.45, 7) is 5.13. The minimum Gasteiger partial charge on any atom is -0.324 e. The quantitative estimate of drug-likeness (QED) is 0.635. The van der Waals surface area contributed by atoms with Crippen molar-refractivity contribution in [1.29, 1.82) is 0 Å². The smallest absolute Gasteiger partial charge is 0.324 e. The van der Waals surface area contributed by atoms with Crippen LogP contribution in [0.25, 0.3) is 0 Å². The molecule has 1 atom stereocenters. The van der Waals surface area contributed by atoms with E-state index in [0.29, 0.717) is 17.7 Å². The zero-order valence-electron chi connectivity index (χ0n) is 10.6. The topological polar surface area (TPSA) is 26.0 Å². The molecule has 0 aromatic heterocycles. The minimum absolute atomic E-state index is 0.0803. The molecule has 0 radical (unpaired) electrons. The monoisotopic (exact) mass is 297 g/mol. The van der Waals surface area contributed by atoms with E-state index in [0.717, 1.165) is 0 Å². The first-order chi connectivity index (χ1) is 8.91. The van der Waals surface area contributed by atoms with Gasteiger partial charge in [-0.05, 0) is 37.1 Å². The number of alkyl halides is 6. The van der Waals surface area contributed by atoms with Gasteiger partial charge in [0.25, 0.3) is 0 Å². The lowest BCUT2D eigenvalue weighted by Crippen LogP contribution is -2.16. The number of nitrogens with two attached hydrogens (primary N) is 1. The first-order valence-electron chi connectivity index (χ1n) is 5.60. The van der Waals surface area contributed by atoms with Crippen LogP contribution in [0, 0.1) is 0 Å². The van der Waals surface area contributed by atoms with Gasteiger partial charge in [-0.2, -0.15) is 26.3 Å². The van der Waals surface area contributed by atoms with Crippen LogP contribution < -0.4 is 5.73 Å². The molecule has 1 rings (SSSR count).